The summed E-state index contributed by atoms with van der Waals surface area (Å²) in [4.78, 5) is 28.0. The van der Waals surface area contributed by atoms with Crippen LogP contribution in [0.4, 0.5) is 11.4 Å². The third kappa shape index (κ3) is 5.17. The molecule has 0 aromatic heterocycles. The van der Waals surface area contributed by atoms with Gasteiger partial charge in [0.1, 0.15) is 12.4 Å². The lowest BCUT2D eigenvalue weighted by atomic mass is 10.1. The van der Waals surface area contributed by atoms with Crippen LogP contribution in [0.1, 0.15) is 11.1 Å². The van der Waals surface area contributed by atoms with Crippen molar-refractivity contribution in [2.45, 2.75) is 6.61 Å². The van der Waals surface area contributed by atoms with Crippen molar-refractivity contribution >= 4 is 67.0 Å². The van der Waals surface area contributed by atoms with Crippen molar-refractivity contribution in [3.05, 3.63) is 116 Å². The van der Waals surface area contributed by atoms with Crippen molar-refractivity contribution in [1.29, 1.82) is 0 Å². The van der Waals surface area contributed by atoms with Gasteiger partial charge in [0.2, 0.25) is 0 Å². The number of nitro groups is 1. The van der Waals surface area contributed by atoms with Crippen molar-refractivity contribution in [3.63, 3.8) is 0 Å². The standard InChI is InChI=1S/C27H18BrN3O4S/c28-22-15-20(31(33)34)12-13-23(22)29-27-30-26(32)25(36-27)14-18-7-2-4-11-24(18)35-16-19-9-5-8-17-6-1-3-10-21(17)19/h1-15H,16H2,(H,29,30,32)/b25-14+. The molecule has 1 saturated heterocycles. The molecule has 4 aromatic carbocycles. The number of benzene rings is 4. The van der Waals surface area contributed by atoms with Gasteiger partial charge in [-0.15, -0.1) is 0 Å². The van der Waals surface area contributed by atoms with Crippen LogP contribution in [0, 0.1) is 10.1 Å². The lowest BCUT2D eigenvalue weighted by Crippen LogP contribution is -2.19. The quantitative estimate of drug-likeness (QED) is 0.156. The van der Waals surface area contributed by atoms with Crippen molar-refractivity contribution in [2.75, 3.05) is 0 Å². The Kier molecular flexibility index (Phi) is 6.84. The molecule has 1 N–H and O–H groups in total. The lowest BCUT2D eigenvalue weighted by Gasteiger charge is -2.11. The fourth-order valence-electron chi connectivity index (χ4n) is 3.74. The molecule has 0 saturated carbocycles. The number of nitrogens with one attached hydrogen (secondary N) is 1. The molecule has 0 spiro atoms. The molecule has 178 valence electrons. The first-order valence-electron chi connectivity index (χ1n) is 10.9. The van der Waals surface area contributed by atoms with Gasteiger partial charge in [-0.2, -0.15) is 0 Å². The van der Waals surface area contributed by atoms with Crippen molar-refractivity contribution in [2.24, 2.45) is 4.99 Å². The lowest BCUT2D eigenvalue weighted by molar-refractivity contribution is -0.384. The predicted octanol–water partition coefficient (Wildman–Crippen LogP) is 6.98. The molecule has 0 atom stereocenters. The van der Waals surface area contributed by atoms with Crippen LogP contribution in [-0.4, -0.2) is 16.0 Å². The summed E-state index contributed by atoms with van der Waals surface area (Å²) in [5.74, 6) is 0.385. The third-order valence-corrected chi connectivity index (χ3v) is 7.03. The van der Waals surface area contributed by atoms with Crippen LogP contribution in [-0.2, 0) is 11.4 Å². The summed E-state index contributed by atoms with van der Waals surface area (Å²) in [6.45, 7) is 0.391. The Labute approximate surface area is 219 Å². The van der Waals surface area contributed by atoms with E-state index in [1.807, 2.05) is 48.5 Å². The summed E-state index contributed by atoms with van der Waals surface area (Å²) in [7, 11) is 0. The number of carbonyl (C=O) groups is 1. The summed E-state index contributed by atoms with van der Waals surface area (Å²) >= 11 is 4.50. The molecule has 1 fully saturated rings. The maximum absolute atomic E-state index is 12.6. The van der Waals surface area contributed by atoms with Gasteiger partial charge in [0.15, 0.2) is 5.17 Å². The van der Waals surface area contributed by atoms with Gasteiger partial charge in [-0.25, -0.2) is 4.99 Å². The average Bonchev–Trinajstić information content (AvgIpc) is 3.22. The minimum absolute atomic E-state index is 0.0466. The number of hydrogen-bond donors (Lipinski definition) is 1. The fourth-order valence-corrected chi connectivity index (χ4v) is 5.02. The van der Waals surface area contributed by atoms with E-state index in [2.05, 4.69) is 44.4 Å². The van der Waals surface area contributed by atoms with E-state index in [4.69, 9.17) is 4.74 Å². The van der Waals surface area contributed by atoms with Crippen LogP contribution in [0.2, 0.25) is 0 Å². The van der Waals surface area contributed by atoms with Crippen molar-refractivity contribution in [3.8, 4) is 5.75 Å². The number of carbonyl (C=O) groups excluding carboxylic acids is 1. The number of amides is 1. The highest BCUT2D eigenvalue weighted by molar-refractivity contribution is 9.10. The summed E-state index contributed by atoms with van der Waals surface area (Å²) < 4.78 is 6.63. The van der Waals surface area contributed by atoms with Crippen molar-refractivity contribution < 1.29 is 14.5 Å². The van der Waals surface area contributed by atoms with Crippen LogP contribution >= 0.6 is 27.7 Å². The van der Waals surface area contributed by atoms with Gasteiger partial charge >= 0.3 is 0 Å². The summed E-state index contributed by atoms with van der Waals surface area (Å²) in [6, 6.07) is 26.1. The summed E-state index contributed by atoms with van der Waals surface area (Å²) in [5, 5.41) is 16.4. The number of ether oxygens (including phenoxy) is 1. The third-order valence-electron chi connectivity index (χ3n) is 5.48. The number of hydrogen-bond acceptors (Lipinski definition) is 6. The zero-order valence-corrected chi connectivity index (χ0v) is 21.1. The number of thioether (sulfide) groups is 1. The van der Waals surface area contributed by atoms with E-state index in [0.717, 1.165) is 21.9 Å². The highest BCUT2D eigenvalue weighted by Crippen LogP contribution is 2.34. The fraction of sp³-hybridized carbons (Fsp3) is 0.0370. The van der Waals surface area contributed by atoms with E-state index in [1.54, 1.807) is 6.08 Å². The molecule has 0 bridgehead atoms. The van der Waals surface area contributed by atoms with Gasteiger partial charge < -0.3 is 10.1 Å². The first-order chi connectivity index (χ1) is 17.5. The molecule has 0 unspecified atom stereocenters. The predicted molar refractivity (Wildman–Crippen MR) is 146 cm³/mol. The number of rotatable bonds is 6. The van der Waals surface area contributed by atoms with E-state index < -0.39 is 4.92 Å². The maximum Gasteiger partial charge on any atom is 0.270 e. The zero-order chi connectivity index (χ0) is 25.1. The number of aliphatic imine (C=N–C) groups is 1. The van der Waals surface area contributed by atoms with Gasteiger partial charge in [0.25, 0.3) is 11.6 Å². The second-order valence-electron chi connectivity index (χ2n) is 7.84. The highest BCUT2D eigenvalue weighted by atomic mass is 79.9. The normalized spacial score (nSPS) is 15.4. The Morgan fingerprint density at radius 2 is 1.81 bits per heavy atom. The Hall–Kier alpha value is -3.95. The van der Waals surface area contributed by atoms with Gasteiger partial charge in [-0.05, 0) is 62.2 Å². The smallest absolute Gasteiger partial charge is 0.270 e. The molecule has 1 aliphatic heterocycles. The zero-order valence-electron chi connectivity index (χ0n) is 18.7. The average molecular weight is 560 g/mol. The van der Waals surface area contributed by atoms with E-state index in [0.29, 0.717) is 32.6 Å². The molecule has 1 aliphatic rings. The first-order valence-corrected chi connectivity index (χ1v) is 12.5. The van der Waals surface area contributed by atoms with Crippen LogP contribution in [0.5, 0.6) is 5.75 Å². The number of non-ortho nitro benzene ring substituents is 1. The SMILES string of the molecule is O=C1NC(=Nc2ccc([N+](=O)[O-])cc2Br)S/C1=C/c1ccccc1OCc1cccc2ccccc12. The molecule has 1 heterocycles. The highest BCUT2D eigenvalue weighted by Gasteiger charge is 2.25. The van der Waals surface area contributed by atoms with Crippen LogP contribution in [0.15, 0.2) is 99.3 Å². The first kappa shape index (κ1) is 23.8. The van der Waals surface area contributed by atoms with Gasteiger partial charge in [0, 0.05) is 17.7 Å². The Morgan fingerprint density at radius 3 is 2.64 bits per heavy atom. The van der Waals surface area contributed by atoms with Gasteiger partial charge in [0.05, 0.1) is 20.0 Å². The largest absolute Gasteiger partial charge is 0.488 e. The van der Waals surface area contributed by atoms with Gasteiger partial charge in [-0.1, -0.05) is 60.7 Å². The number of nitro benzene ring substituents is 1. The number of para-hydroxylation sites is 1. The minimum Gasteiger partial charge on any atom is -0.488 e. The maximum atomic E-state index is 12.6. The summed E-state index contributed by atoms with van der Waals surface area (Å²) in [6.07, 6.45) is 1.77. The minimum atomic E-state index is -0.478. The number of amidine groups is 1. The molecular formula is C27H18BrN3O4S. The number of fused-ring (bicyclic) bond motifs is 1. The van der Waals surface area contributed by atoms with Gasteiger partial charge in [-0.3, -0.25) is 14.9 Å². The second kappa shape index (κ2) is 10.3. The number of halogens is 1. The van der Waals surface area contributed by atoms with Crippen LogP contribution in [0.25, 0.3) is 16.8 Å². The van der Waals surface area contributed by atoms with E-state index >= 15 is 0 Å². The molecule has 36 heavy (non-hydrogen) atoms. The Bertz CT molecular complexity index is 1560. The van der Waals surface area contributed by atoms with Crippen LogP contribution in [0.3, 0.4) is 0 Å². The summed E-state index contributed by atoms with van der Waals surface area (Å²) in [5.41, 5.74) is 2.28. The van der Waals surface area contributed by atoms with E-state index in [1.165, 1.54) is 30.0 Å². The Balaban J connectivity index is 1.36. The Morgan fingerprint density at radius 1 is 1.03 bits per heavy atom. The molecule has 0 radical (unpaired) electrons. The number of nitrogens with zero attached hydrogens (tertiary/aromatic N) is 2. The van der Waals surface area contributed by atoms with Crippen LogP contribution < -0.4 is 10.1 Å². The van der Waals surface area contributed by atoms with Crippen molar-refractivity contribution in [1.82, 2.24) is 5.32 Å². The molecular weight excluding hydrogens is 542 g/mol. The second-order valence-corrected chi connectivity index (χ2v) is 9.72. The molecule has 1 amide bonds. The topological polar surface area (TPSA) is 93.8 Å². The molecule has 0 aliphatic carbocycles. The molecule has 4 aromatic rings. The molecule has 9 heteroatoms. The van der Waals surface area contributed by atoms with E-state index in [-0.39, 0.29) is 11.6 Å². The molecule has 5 rings (SSSR count). The molecule has 7 nitrogen and oxygen atoms in total. The monoisotopic (exact) mass is 559 g/mol. The van der Waals surface area contributed by atoms with E-state index in [9.17, 15) is 14.9 Å².